The van der Waals surface area contributed by atoms with Crippen molar-refractivity contribution in [1.82, 2.24) is 14.7 Å². The molecule has 34 heavy (non-hydrogen) atoms. The maximum absolute atomic E-state index is 13.4. The second kappa shape index (κ2) is 8.73. The lowest BCUT2D eigenvalue weighted by Crippen LogP contribution is -2.60. The van der Waals surface area contributed by atoms with Crippen LogP contribution in [-0.2, 0) is 27.8 Å². The Morgan fingerprint density at radius 3 is 2.82 bits per heavy atom. The van der Waals surface area contributed by atoms with Gasteiger partial charge in [0, 0.05) is 49.8 Å². The number of fused-ring (bicyclic) bond motifs is 3. The van der Waals surface area contributed by atoms with E-state index in [4.69, 9.17) is 9.47 Å². The second-order valence-electron chi connectivity index (χ2n) is 10.2. The number of amides is 1. The van der Waals surface area contributed by atoms with E-state index in [1.165, 1.54) is 0 Å². The number of aliphatic carboxylic acids is 1. The summed E-state index contributed by atoms with van der Waals surface area (Å²) in [5.41, 5.74) is 1.00. The van der Waals surface area contributed by atoms with Gasteiger partial charge in [0.1, 0.15) is 11.4 Å². The molecule has 1 aromatic heterocycles. The Hall–Kier alpha value is -2.87. The topological polar surface area (TPSA) is 93.9 Å². The highest BCUT2D eigenvalue weighted by Crippen LogP contribution is 2.55. The van der Waals surface area contributed by atoms with Gasteiger partial charge in [-0.15, -0.1) is 0 Å². The SMILES string of the molecule is Cn1nccc1CCC(=O)N1CCC[C@]12CO[C@H]1c3ccccc3O[C@@](C)(CCC(=O)O)[C@@H]1C2. The molecule has 2 saturated heterocycles. The van der Waals surface area contributed by atoms with E-state index in [0.717, 1.165) is 42.8 Å². The van der Waals surface area contributed by atoms with Gasteiger partial charge >= 0.3 is 5.97 Å². The van der Waals surface area contributed by atoms with Crippen molar-refractivity contribution in [2.45, 2.75) is 69.1 Å². The van der Waals surface area contributed by atoms with Crippen LogP contribution in [0.2, 0.25) is 0 Å². The van der Waals surface area contributed by atoms with Gasteiger partial charge in [-0.2, -0.15) is 5.10 Å². The highest BCUT2D eigenvalue weighted by atomic mass is 16.5. The van der Waals surface area contributed by atoms with Gasteiger partial charge in [-0.1, -0.05) is 18.2 Å². The number of aryl methyl sites for hydroxylation is 2. The Morgan fingerprint density at radius 1 is 1.24 bits per heavy atom. The average Bonchev–Trinajstić information content (AvgIpc) is 3.42. The second-order valence-corrected chi connectivity index (χ2v) is 10.2. The third-order valence-corrected chi connectivity index (χ3v) is 8.10. The van der Waals surface area contributed by atoms with E-state index in [1.807, 2.05) is 53.9 Å². The molecule has 5 rings (SSSR count). The van der Waals surface area contributed by atoms with E-state index in [1.54, 1.807) is 6.20 Å². The van der Waals surface area contributed by atoms with Crippen LogP contribution in [-0.4, -0.2) is 56.0 Å². The molecule has 1 amide bonds. The van der Waals surface area contributed by atoms with Gasteiger partial charge in [0.25, 0.3) is 0 Å². The molecule has 4 atom stereocenters. The summed E-state index contributed by atoms with van der Waals surface area (Å²) in [5.74, 6) is 0.0359. The Labute approximate surface area is 199 Å². The summed E-state index contributed by atoms with van der Waals surface area (Å²) < 4.78 is 14.9. The molecule has 182 valence electrons. The summed E-state index contributed by atoms with van der Waals surface area (Å²) >= 11 is 0. The van der Waals surface area contributed by atoms with Crippen LogP contribution >= 0.6 is 0 Å². The molecule has 8 nitrogen and oxygen atoms in total. The third kappa shape index (κ3) is 3.98. The summed E-state index contributed by atoms with van der Waals surface area (Å²) in [6.07, 6.45) is 5.69. The number of benzene rings is 1. The van der Waals surface area contributed by atoms with Crippen LogP contribution in [0.1, 0.15) is 62.8 Å². The predicted molar refractivity (Wildman–Crippen MR) is 124 cm³/mol. The van der Waals surface area contributed by atoms with Crippen LogP contribution in [0.3, 0.4) is 0 Å². The van der Waals surface area contributed by atoms with Crippen LogP contribution in [0, 0.1) is 5.92 Å². The van der Waals surface area contributed by atoms with E-state index in [0.29, 0.717) is 25.9 Å². The number of rotatable bonds is 6. The minimum atomic E-state index is -0.834. The zero-order chi connectivity index (χ0) is 23.9. The highest BCUT2D eigenvalue weighted by Gasteiger charge is 2.57. The number of hydrogen-bond acceptors (Lipinski definition) is 5. The van der Waals surface area contributed by atoms with Crippen molar-refractivity contribution in [2.24, 2.45) is 13.0 Å². The number of carboxylic acid groups (broad SMARTS) is 1. The van der Waals surface area contributed by atoms with Crippen molar-refractivity contribution >= 4 is 11.9 Å². The van der Waals surface area contributed by atoms with E-state index in [-0.39, 0.29) is 29.9 Å². The highest BCUT2D eigenvalue weighted by molar-refractivity contribution is 5.77. The maximum Gasteiger partial charge on any atom is 0.303 e. The van der Waals surface area contributed by atoms with E-state index < -0.39 is 11.6 Å². The lowest BCUT2D eigenvalue weighted by molar-refractivity contribution is -0.180. The number of carbonyl (C=O) groups is 2. The van der Waals surface area contributed by atoms with Crippen LogP contribution in [0.4, 0.5) is 0 Å². The monoisotopic (exact) mass is 467 g/mol. The third-order valence-electron chi connectivity index (χ3n) is 8.10. The number of carboxylic acids is 1. The molecule has 8 heteroatoms. The zero-order valence-electron chi connectivity index (χ0n) is 19.9. The summed E-state index contributed by atoms with van der Waals surface area (Å²) in [6, 6.07) is 9.83. The fourth-order valence-electron chi connectivity index (χ4n) is 6.21. The minimum absolute atomic E-state index is 0.0300. The van der Waals surface area contributed by atoms with Gasteiger partial charge in [-0.3, -0.25) is 14.3 Å². The summed E-state index contributed by atoms with van der Waals surface area (Å²) in [5, 5.41) is 13.6. The van der Waals surface area contributed by atoms with Crippen LogP contribution < -0.4 is 4.74 Å². The van der Waals surface area contributed by atoms with Crippen molar-refractivity contribution in [2.75, 3.05) is 13.2 Å². The number of carbonyl (C=O) groups excluding carboxylic acids is 1. The van der Waals surface area contributed by atoms with Crippen LogP contribution in [0.15, 0.2) is 36.5 Å². The van der Waals surface area contributed by atoms with Gasteiger partial charge in [0.05, 0.1) is 18.2 Å². The molecule has 2 aromatic rings. The molecule has 3 aliphatic rings. The van der Waals surface area contributed by atoms with Gasteiger partial charge < -0.3 is 19.5 Å². The first-order valence-corrected chi connectivity index (χ1v) is 12.2. The summed E-state index contributed by atoms with van der Waals surface area (Å²) in [6.45, 7) is 3.23. The smallest absolute Gasteiger partial charge is 0.303 e. The van der Waals surface area contributed by atoms with Gasteiger partial charge in [0.2, 0.25) is 5.91 Å². The predicted octanol–water partition coefficient (Wildman–Crippen LogP) is 3.51. The van der Waals surface area contributed by atoms with E-state index >= 15 is 0 Å². The molecule has 4 heterocycles. The fourth-order valence-corrected chi connectivity index (χ4v) is 6.21. The molecule has 3 aliphatic heterocycles. The molecule has 0 radical (unpaired) electrons. The molecular weight excluding hydrogens is 434 g/mol. The van der Waals surface area contributed by atoms with Crippen molar-refractivity contribution < 1.29 is 24.2 Å². The Kier molecular flexibility index (Phi) is 5.88. The molecule has 1 N–H and O–H groups in total. The largest absolute Gasteiger partial charge is 0.487 e. The summed E-state index contributed by atoms with van der Waals surface area (Å²) in [4.78, 5) is 26.9. The van der Waals surface area contributed by atoms with Crippen molar-refractivity contribution in [3.8, 4) is 5.75 Å². The first kappa shape index (κ1) is 22.9. The quantitative estimate of drug-likeness (QED) is 0.699. The number of nitrogens with zero attached hydrogens (tertiary/aromatic N) is 3. The molecule has 2 fully saturated rings. The van der Waals surface area contributed by atoms with E-state index in [2.05, 4.69) is 5.10 Å². The molecule has 0 bridgehead atoms. The van der Waals surface area contributed by atoms with Gasteiger partial charge in [0.15, 0.2) is 0 Å². The molecule has 1 aromatic carbocycles. The van der Waals surface area contributed by atoms with Crippen molar-refractivity contribution in [3.63, 3.8) is 0 Å². The van der Waals surface area contributed by atoms with Crippen LogP contribution in [0.25, 0.3) is 0 Å². The number of para-hydroxylation sites is 1. The molecule has 0 aliphatic carbocycles. The summed E-state index contributed by atoms with van der Waals surface area (Å²) in [7, 11) is 1.89. The van der Waals surface area contributed by atoms with Crippen LogP contribution in [0.5, 0.6) is 5.75 Å². The lowest BCUT2D eigenvalue weighted by Gasteiger charge is -2.54. The number of likely N-dealkylation sites (tertiary alicyclic amines) is 1. The average molecular weight is 468 g/mol. The minimum Gasteiger partial charge on any atom is -0.487 e. The van der Waals surface area contributed by atoms with Gasteiger partial charge in [-0.25, -0.2) is 0 Å². The molecular formula is C26H33N3O5. The maximum atomic E-state index is 13.4. The van der Waals surface area contributed by atoms with Gasteiger partial charge in [-0.05, 0) is 51.2 Å². The molecule has 1 spiro atoms. The van der Waals surface area contributed by atoms with Crippen molar-refractivity contribution in [3.05, 3.63) is 47.8 Å². The number of ether oxygens (including phenoxy) is 2. The van der Waals surface area contributed by atoms with Crippen molar-refractivity contribution in [1.29, 1.82) is 0 Å². The zero-order valence-corrected chi connectivity index (χ0v) is 19.9. The Bertz CT molecular complexity index is 1080. The Morgan fingerprint density at radius 2 is 2.06 bits per heavy atom. The molecule has 0 saturated carbocycles. The number of hydrogen-bond donors (Lipinski definition) is 1. The number of aromatic nitrogens is 2. The first-order chi connectivity index (χ1) is 16.3. The standard InChI is InChI=1S/C26H33N3O5/c1-25(13-10-23(31)32)20-16-26(17-33-24(20)19-6-3-4-7-21(19)34-25)12-5-15-29(26)22(30)9-8-18-11-14-27-28(18)2/h3-4,6-7,11,14,20,24H,5,8-10,12-13,15-17H2,1-2H3,(H,31,32)/t20-,24+,25+,26+/m1/s1. The molecule has 0 unspecified atom stereocenters. The lowest BCUT2D eigenvalue weighted by atomic mass is 9.68. The Balaban J connectivity index is 1.39. The fraction of sp³-hybridized carbons (Fsp3) is 0.577. The van der Waals surface area contributed by atoms with E-state index in [9.17, 15) is 14.7 Å². The first-order valence-electron chi connectivity index (χ1n) is 12.2. The normalized spacial score (nSPS) is 30.0.